The molecular formula is C22H25NO2. The fraction of sp³-hybridized carbons (Fsp3) is 0.409. The third-order valence-corrected chi connectivity index (χ3v) is 4.75. The van der Waals surface area contributed by atoms with Crippen molar-refractivity contribution in [2.24, 2.45) is 5.92 Å². The van der Waals surface area contributed by atoms with Crippen LogP contribution in [0.25, 0.3) is 10.8 Å². The molecule has 0 aliphatic heterocycles. The van der Waals surface area contributed by atoms with Crippen LogP contribution in [0.3, 0.4) is 0 Å². The van der Waals surface area contributed by atoms with Crippen LogP contribution in [0, 0.1) is 17.8 Å². The normalized spacial score (nSPS) is 14.6. The summed E-state index contributed by atoms with van der Waals surface area (Å²) < 4.78 is 5.76. The van der Waals surface area contributed by atoms with E-state index in [-0.39, 0.29) is 5.91 Å². The largest absolute Gasteiger partial charge is 0.480 e. The van der Waals surface area contributed by atoms with Gasteiger partial charge < -0.3 is 10.1 Å². The van der Waals surface area contributed by atoms with Gasteiger partial charge in [0.15, 0.2) is 0 Å². The molecule has 25 heavy (non-hydrogen) atoms. The number of carbonyl (C=O) groups is 1. The second kappa shape index (κ2) is 9.13. The molecule has 3 rings (SSSR count). The van der Waals surface area contributed by atoms with Gasteiger partial charge >= 0.3 is 0 Å². The van der Waals surface area contributed by atoms with E-state index in [9.17, 15) is 4.79 Å². The van der Waals surface area contributed by atoms with E-state index < -0.39 is 0 Å². The Balaban J connectivity index is 1.40. The van der Waals surface area contributed by atoms with Crippen LogP contribution < -0.4 is 10.1 Å². The summed E-state index contributed by atoms with van der Waals surface area (Å²) >= 11 is 0. The van der Waals surface area contributed by atoms with E-state index in [2.05, 4.69) is 29.3 Å². The maximum atomic E-state index is 11.9. The minimum absolute atomic E-state index is 0.121. The van der Waals surface area contributed by atoms with Crippen LogP contribution in [0.1, 0.15) is 38.5 Å². The van der Waals surface area contributed by atoms with Gasteiger partial charge in [0.1, 0.15) is 12.4 Å². The van der Waals surface area contributed by atoms with Crippen molar-refractivity contribution in [1.29, 1.82) is 0 Å². The molecular weight excluding hydrogens is 310 g/mol. The first-order chi connectivity index (χ1) is 12.3. The van der Waals surface area contributed by atoms with Gasteiger partial charge in [0, 0.05) is 11.8 Å². The van der Waals surface area contributed by atoms with Crippen molar-refractivity contribution in [3.63, 3.8) is 0 Å². The Hall–Kier alpha value is -2.47. The first-order valence-corrected chi connectivity index (χ1v) is 9.16. The van der Waals surface area contributed by atoms with Gasteiger partial charge in [0.2, 0.25) is 5.91 Å². The molecule has 1 amide bonds. The molecule has 0 atom stereocenters. The van der Waals surface area contributed by atoms with Crippen molar-refractivity contribution >= 4 is 16.7 Å². The van der Waals surface area contributed by atoms with E-state index in [1.807, 2.05) is 30.3 Å². The number of nitrogens with one attached hydrogen (secondary N) is 1. The summed E-state index contributed by atoms with van der Waals surface area (Å²) in [5.41, 5.74) is 0. The number of amides is 1. The van der Waals surface area contributed by atoms with Crippen molar-refractivity contribution in [3.8, 4) is 17.6 Å². The SMILES string of the molecule is O=C(CC1CCCCC1)NCC#CCOc1cccc2ccccc12. The Kier molecular flexibility index (Phi) is 6.34. The van der Waals surface area contributed by atoms with Gasteiger partial charge in [-0.15, -0.1) is 0 Å². The van der Waals surface area contributed by atoms with E-state index >= 15 is 0 Å². The summed E-state index contributed by atoms with van der Waals surface area (Å²) in [6.07, 6.45) is 6.89. The van der Waals surface area contributed by atoms with Crippen LogP contribution in [0.5, 0.6) is 5.75 Å². The van der Waals surface area contributed by atoms with E-state index in [4.69, 9.17) is 4.74 Å². The Morgan fingerprint density at radius 3 is 2.72 bits per heavy atom. The van der Waals surface area contributed by atoms with Crippen molar-refractivity contribution in [2.75, 3.05) is 13.2 Å². The Morgan fingerprint density at radius 2 is 1.84 bits per heavy atom. The molecule has 2 aromatic rings. The van der Waals surface area contributed by atoms with Gasteiger partial charge in [-0.25, -0.2) is 0 Å². The average Bonchev–Trinajstić information content (AvgIpc) is 2.65. The lowest BCUT2D eigenvalue weighted by molar-refractivity contribution is -0.122. The number of ether oxygens (including phenoxy) is 1. The Bertz CT molecular complexity index is 761. The summed E-state index contributed by atoms with van der Waals surface area (Å²) in [6, 6.07) is 14.1. The summed E-state index contributed by atoms with van der Waals surface area (Å²) in [7, 11) is 0. The zero-order valence-electron chi connectivity index (χ0n) is 14.6. The highest BCUT2D eigenvalue weighted by Gasteiger charge is 2.16. The monoisotopic (exact) mass is 335 g/mol. The molecule has 1 fully saturated rings. The van der Waals surface area contributed by atoms with Crippen LogP contribution in [0.15, 0.2) is 42.5 Å². The van der Waals surface area contributed by atoms with Crippen molar-refractivity contribution in [1.82, 2.24) is 5.32 Å². The molecule has 1 aliphatic carbocycles. The molecule has 1 aliphatic rings. The quantitative estimate of drug-likeness (QED) is 0.827. The van der Waals surface area contributed by atoms with Crippen LogP contribution in [0.4, 0.5) is 0 Å². The Labute approximate surface area is 149 Å². The first kappa shape index (κ1) is 17.4. The number of rotatable bonds is 5. The van der Waals surface area contributed by atoms with Crippen LogP contribution in [-0.4, -0.2) is 19.1 Å². The molecule has 0 heterocycles. The van der Waals surface area contributed by atoms with Crippen molar-refractivity contribution in [2.45, 2.75) is 38.5 Å². The predicted octanol–water partition coefficient (Wildman–Crippen LogP) is 4.31. The number of benzene rings is 2. The van der Waals surface area contributed by atoms with E-state index in [1.165, 1.54) is 32.1 Å². The van der Waals surface area contributed by atoms with E-state index in [0.29, 0.717) is 25.5 Å². The molecule has 0 bridgehead atoms. The third kappa shape index (κ3) is 5.26. The maximum absolute atomic E-state index is 11.9. The molecule has 3 heteroatoms. The summed E-state index contributed by atoms with van der Waals surface area (Å²) in [4.78, 5) is 11.9. The predicted molar refractivity (Wildman–Crippen MR) is 101 cm³/mol. The molecule has 130 valence electrons. The summed E-state index contributed by atoms with van der Waals surface area (Å²) in [5.74, 6) is 7.46. The lowest BCUT2D eigenvalue weighted by Crippen LogP contribution is -2.26. The summed E-state index contributed by atoms with van der Waals surface area (Å²) in [5, 5.41) is 5.14. The topological polar surface area (TPSA) is 38.3 Å². The fourth-order valence-corrected chi connectivity index (χ4v) is 3.42. The zero-order valence-corrected chi connectivity index (χ0v) is 14.6. The first-order valence-electron chi connectivity index (χ1n) is 9.16. The van der Waals surface area contributed by atoms with Crippen LogP contribution >= 0.6 is 0 Å². The van der Waals surface area contributed by atoms with Crippen molar-refractivity contribution < 1.29 is 9.53 Å². The minimum atomic E-state index is 0.121. The van der Waals surface area contributed by atoms with Gasteiger partial charge in [-0.3, -0.25) is 4.79 Å². The molecule has 1 N–H and O–H groups in total. The number of carbonyl (C=O) groups excluding carboxylic acids is 1. The molecule has 2 aromatic carbocycles. The highest BCUT2D eigenvalue weighted by atomic mass is 16.5. The molecule has 0 saturated heterocycles. The van der Waals surface area contributed by atoms with E-state index in [1.54, 1.807) is 0 Å². The molecule has 0 unspecified atom stereocenters. The smallest absolute Gasteiger partial charge is 0.221 e. The number of hydrogen-bond acceptors (Lipinski definition) is 2. The van der Waals surface area contributed by atoms with Crippen LogP contribution in [-0.2, 0) is 4.79 Å². The zero-order chi connectivity index (χ0) is 17.3. The minimum Gasteiger partial charge on any atom is -0.480 e. The molecule has 3 nitrogen and oxygen atoms in total. The molecule has 0 radical (unpaired) electrons. The summed E-state index contributed by atoms with van der Waals surface area (Å²) in [6.45, 7) is 0.719. The van der Waals surface area contributed by atoms with Gasteiger partial charge in [-0.2, -0.15) is 0 Å². The van der Waals surface area contributed by atoms with Crippen molar-refractivity contribution in [3.05, 3.63) is 42.5 Å². The lowest BCUT2D eigenvalue weighted by atomic mass is 9.87. The second-order valence-electron chi connectivity index (χ2n) is 6.60. The lowest BCUT2D eigenvalue weighted by Gasteiger charge is -2.20. The third-order valence-electron chi connectivity index (χ3n) is 4.75. The van der Waals surface area contributed by atoms with Gasteiger partial charge in [0.05, 0.1) is 6.54 Å². The second-order valence-corrected chi connectivity index (χ2v) is 6.60. The highest BCUT2D eigenvalue weighted by Crippen LogP contribution is 2.26. The fourth-order valence-electron chi connectivity index (χ4n) is 3.42. The van der Waals surface area contributed by atoms with Crippen LogP contribution in [0.2, 0.25) is 0 Å². The maximum Gasteiger partial charge on any atom is 0.221 e. The molecule has 0 aromatic heterocycles. The highest BCUT2D eigenvalue weighted by molar-refractivity contribution is 5.88. The van der Waals surface area contributed by atoms with E-state index in [0.717, 1.165) is 16.5 Å². The Morgan fingerprint density at radius 1 is 1.04 bits per heavy atom. The number of hydrogen-bond donors (Lipinski definition) is 1. The molecule has 1 saturated carbocycles. The number of fused-ring (bicyclic) bond motifs is 1. The van der Waals surface area contributed by atoms with Gasteiger partial charge in [-0.05, 0) is 30.2 Å². The van der Waals surface area contributed by atoms with Gasteiger partial charge in [-0.1, -0.05) is 67.5 Å². The standard InChI is InChI=1S/C22H25NO2/c24-22(17-18-9-2-1-3-10-18)23-15-6-7-16-25-21-14-8-12-19-11-4-5-13-20(19)21/h4-5,8,11-14,18H,1-3,9-10,15-17H2,(H,23,24). The molecule has 0 spiro atoms. The average molecular weight is 335 g/mol. The van der Waals surface area contributed by atoms with Gasteiger partial charge in [0.25, 0.3) is 0 Å².